The van der Waals surface area contributed by atoms with Gasteiger partial charge in [-0.2, -0.15) is 4.98 Å². The SMILES string of the molecule is Cc1ccc(C(=O)N2CCCC(CCc3noc(-c4ccccn4)n3)C2)s1. The quantitative estimate of drug-likeness (QED) is 0.667. The number of hydrogen-bond donors (Lipinski definition) is 0. The van der Waals surface area contributed by atoms with E-state index in [0.29, 0.717) is 23.3 Å². The van der Waals surface area contributed by atoms with E-state index in [9.17, 15) is 4.79 Å². The molecule has 7 heteroatoms. The Labute approximate surface area is 162 Å². The van der Waals surface area contributed by atoms with Crippen molar-refractivity contribution in [3.05, 3.63) is 52.1 Å². The normalized spacial score (nSPS) is 17.2. The first-order valence-corrected chi connectivity index (χ1v) is 10.1. The molecule has 0 aromatic carbocycles. The first-order chi connectivity index (χ1) is 13.2. The number of aryl methyl sites for hydroxylation is 2. The molecule has 1 atom stereocenters. The third kappa shape index (κ3) is 4.24. The molecule has 1 fully saturated rings. The van der Waals surface area contributed by atoms with E-state index in [4.69, 9.17) is 4.52 Å². The molecule has 27 heavy (non-hydrogen) atoms. The average molecular weight is 382 g/mol. The number of carbonyl (C=O) groups is 1. The molecular formula is C20H22N4O2S. The highest BCUT2D eigenvalue weighted by Crippen LogP contribution is 2.25. The van der Waals surface area contributed by atoms with Crippen molar-refractivity contribution in [2.24, 2.45) is 5.92 Å². The minimum absolute atomic E-state index is 0.162. The maximum absolute atomic E-state index is 12.7. The standard InChI is InChI=1S/C20H22N4O2S/c1-14-7-9-17(27-14)20(25)24-12-4-5-15(13-24)8-10-18-22-19(26-23-18)16-6-2-3-11-21-16/h2-3,6-7,9,11,15H,4-5,8,10,12-13H2,1H3. The number of amides is 1. The molecule has 0 bridgehead atoms. The van der Waals surface area contributed by atoms with Crippen LogP contribution in [0.4, 0.5) is 0 Å². The fourth-order valence-electron chi connectivity index (χ4n) is 3.47. The van der Waals surface area contributed by atoms with Gasteiger partial charge in [-0.1, -0.05) is 11.2 Å². The molecule has 4 rings (SSSR count). The summed E-state index contributed by atoms with van der Waals surface area (Å²) in [4.78, 5) is 25.4. The Balaban J connectivity index is 1.33. The molecule has 4 heterocycles. The lowest BCUT2D eigenvalue weighted by Gasteiger charge is -2.32. The molecule has 3 aromatic rings. The number of rotatable bonds is 5. The van der Waals surface area contributed by atoms with Crippen LogP contribution in [-0.4, -0.2) is 39.0 Å². The van der Waals surface area contributed by atoms with Crippen LogP contribution in [0.2, 0.25) is 0 Å². The predicted octanol–water partition coefficient (Wildman–Crippen LogP) is 3.99. The second-order valence-corrected chi connectivity index (χ2v) is 8.23. The summed E-state index contributed by atoms with van der Waals surface area (Å²) in [6.07, 6.45) is 5.60. The van der Waals surface area contributed by atoms with E-state index in [2.05, 4.69) is 15.1 Å². The Bertz CT molecular complexity index is 906. The highest BCUT2D eigenvalue weighted by Gasteiger charge is 2.25. The Morgan fingerprint density at radius 1 is 1.33 bits per heavy atom. The summed E-state index contributed by atoms with van der Waals surface area (Å²) in [5.74, 6) is 1.79. The number of aromatic nitrogens is 3. The van der Waals surface area contributed by atoms with Crippen LogP contribution in [-0.2, 0) is 6.42 Å². The molecule has 1 amide bonds. The largest absolute Gasteiger partial charge is 0.338 e. The number of hydrogen-bond acceptors (Lipinski definition) is 6. The number of thiophene rings is 1. The van der Waals surface area contributed by atoms with Gasteiger partial charge in [-0.05, 0) is 56.4 Å². The van der Waals surface area contributed by atoms with Crippen molar-refractivity contribution in [2.45, 2.75) is 32.6 Å². The van der Waals surface area contributed by atoms with Gasteiger partial charge < -0.3 is 9.42 Å². The summed E-state index contributed by atoms with van der Waals surface area (Å²) >= 11 is 1.57. The van der Waals surface area contributed by atoms with Crippen LogP contribution in [0.5, 0.6) is 0 Å². The lowest BCUT2D eigenvalue weighted by Crippen LogP contribution is -2.39. The van der Waals surface area contributed by atoms with Crippen molar-refractivity contribution < 1.29 is 9.32 Å². The minimum atomic E-state index is 0.162. The van der Waals surface area contributed by atoms with Gasteiger partial charge in [0.15, 0.2) is 5.82 Å². The second-order valence-electron chi connectivity index (χ2n) is 6.94. The topological polar surface area (TPSA) is 72.1 Å². The average Bonchev–Trinajstić information content (AvgIpc) is 3.36. The molecule has 140 valence electrons. The van der Waals surface area contributed by atoms with Crippen LogP contribution in [0, 0.1) is 12.8 Å². The van der Waals surface area contributed by atoms with E-state index < -0.39 is 0 Å². The van der Waals surface area contributed by atoms with Gasteiger partial charge >= 0.3 is 0 Å². The summed E-state index contributed by atoms with van der Waals surface area (Å²) in [6.45, 7) is 3.68. The van der Waals surface area contributed by atoms with E-state index in [0.717, 1.165) is 43.6 Å². The Kier molecular flexibility index (Phi) is 5.29. The summed E-state index contributed by atoms with van der Waals surface area (Å²) in [5, 5.41) is 4.08. The van der Waals surface area contributed by atoms with E-state index in [-0.39, 0.29) is 5.91 Å². The molecule has 0 spiro atoms. The van der Waals surface area contributed by atoms with Crippen molar-refractivity contribution in [2.75, 3.05) is 13.1 Å². The zero-order valence-corrected chi connectivity index (χ0v) is 16.1. The summed E-state index contributed by atoms with van der Waals surface area (Å²) in [5.41, 5.74) is 0.692. The third-order valence-electron chi connectivity index (χ3n) is 4.89. The molecule has 0 saturated carbocycles. The van der Waals surface area contributed by atoms with Gasteiger partial charge in [-0.3, -0.25) is 9.78 Å². The van der Waals surface area contributed by atoms with Gasteiger partial charge in [-0.15, -0.1) is 11.3 Å². The molecule has 3 aromatic heterocycles. The van der Waals surface area contributed by atoms with Gasteiger partial charge in [-0.25, -0.2) is 0 Å². The number of pyridine rings is 1. The molecule has 1 aliphatic heterocycles. The van der Waals surface area contributed by atoms with E-state index in [1.54, 1.807) is 17.5 Å². The monoisotopic (exact) mass is 382 g/mol. The van der Waals surface area contributed by atoms with Gasteiger partial charge in [0, 0.05) is 30.6 Å². The van der Waals surface area contributed by atoms with Crippen LogP contribution in [0.25, 0.3) is 11.6 Å². The van der Waals surface area contributed by atoms with Crippen LogP contribution >= 0.6 is 11.3 Å². The smallest absolute Gasteiger partial charge is 0.276 e. The van der Waals surface area contributed by atoms with Gasteiger partial charge in [0.2, 0.25) is 0 Å². The molecule has 0 aliphatic carbocycles. The van der Waals surface area contributed by atoms with Crippen LogP contribution in [0.3, 0.4) is 0 Å². The molecule has 0 N–H and O–H groups in total. The van der Waals surface area contributed by atoms with E-state index in [1.165, 1.54) is 4.88 Å². The first kappa shape index (κ1) is 17.9. The minimum Gasteiger partial charge on any atom is -0.338 e. The van der Waals surface area contributed by atoms with Gasteiger partial charge in [0.05, 0.1) is 4.88 Å². The second kappa shape index (κ2) is 8.00. The van der Waals surface area contributed by atoms with E-state index >= 15 is 0 Å². The first-order valence-electron chi connectivity index (χ1n) is 9.29. The third-order valence-corrected chi connectivity index (χ3v) is 5.87. The zero-order chi connectivity index (χ0) is 18.6. The maximum Gasteiger partial charge on any atom is 0.276 e. The van der Waals surface area contributed by atoms with Crippen molar-refractivity contribution in [3.63, 3.8) is 0 Å². The van der Waals surface area contributed by atoms with Crippen molar-refractivity contribution >= 4 is 17.2 Å². The summed E-state index contributed by atoms with van der Waals surface area (Å²) in [7, 11) is 0. The van der Waals surface area contributed by atoms with Crippen LogP contribution < -0.4 is 0 Å². The number of likely N-dealkylation sites (tertiary alicyclic amines) is 1. The number of carbonyl (C=O) groups excluding carboxylic acids is 1. The predicted molar refractivity (Wildman–Crippen MR) is 104 cm³/mol. The van der Waals surface area contributed by atoms with Crippen molar-refractivity contribution in [3.8, 4) is 11.6 Å². The molecule has 0 radical (unpaired) electrons. The Morgan fingerprint density at radius 2 is 2.26 bits per heavy atom. The van der Waals surface area contributed by atoms with Gasteiger partial charge in [0.25, 0.3) is 11.8 Å². The van der Waals surface area contributed by atoms with Crippen LogP contribution in [0.1, 0.15) is 39.6 Å². The highest BCUT2D eigenvalue weighted by atomic mass is 32.1. The number of nitrogens with zero attached hydrogens (tertiary/aromatic N) is 4. The van der Waals surface area contributed by atoms with Crippen molar-refractivity contribution in [1.82, 2.24) is 20.0 Å². The lowest BCUT2D eigenvalue weighted by molar-refractivity contribution is 0.0673. The van der Waals surface area contributed by atoms with Crippen molar-refractivity contribution in [1.29, 1.82) is 0 Å². The zero-order valence-electron chi connectivity index (χ0n) is 15.3. The fourth-order valence-corrected chi connectivity index (χ4v) is 4.31. The van der Waals surface area contributed by atoms with E-state index in [1.807, 2.05) is 42.2 Å². The highest BCUT2D eigenvalue weighted by molar-refractivity contribution is 7.13. The molecule has 1 aliphatic rings. The Hall–Kier alpha value is -2.54. The summed E-state index contributed by atoms with van der Waals surface area (Å²) in [6, 6.07) is 9.55. The summed E-state index contributed by atoms with van der Waals surface area (Å²) < 4.78 is 5.32. The molecule has 6 nitrogen and oxygen atoms in total. The fraction of sp³-hybridized carbons (Fsp3) is 0.400. The number of piperidine rings is 1. The maximum atomic E-state index is 12.7. The molecule has 1 saturated heterocycles. The Morgan fingerprint density at radius 3 is 3.04 bits per heavy atom. The lowest BCUT2D eigenvalue weighted by atomic mass is 9.93. The van der Waals surface area contributed by atoms with Crippen LogP contribution in [0.15, 0.2) is 41.1 Å². The molecule has 1 unspecified atom stereocenters. The van der Waals surface area contributed by atoms with Gasteiger partial charge in [0.1, 0.15) is 5.69 Å². The molecular weight excluding hydrogens is 360 g/mol.